The standard InChI is InChI=1S/C12H14N4O2/c1-8-4-3-5-9(6-8)10(12(17)18)7-11-13-15-16(2)14-11/h3-6,10H,7H2,1-2H3,(H,17,18). The first-order chi connectivity index (χ1) is 8.56. The van der Waals surface area contributed by atoms with Crippen LogP contribution in [0.1, 0.15) is 22.9 Å². The van der Waals surface area contributed by atoms with Crippen molar-refractivity contribution in [2.45, 2.75) is 19.3 Å². The fourth-order valence-corrected chi connectivity index (χ4v) is 1.82. The van der Waals surface area contributed by atoms with E-state index < -0.39 is 11.9 Å². The Morgan fingerprint density at radius 2 is 2.28 bits per heavy atom. The highest BCUT2D eigenvalue weighted by Gasteiger charge is 2.22. The number of aliphatic carboxylic acids is 1. The molecule has 0 aliphatic carbocycles. The minimum absolute atomic E-state index is 0.243. The number of carboxylic acid groups (broad SMARTS) is 1. The lowest BCUT2D eigenvalue weighted by molar-refractivity contribution is -0.138. The Morgan fingerprint density at radius 3 is 2.83 bits per heavy atom. The van der Waals surface area contributed by atoms with E-state index in [0.29, 0.717) is 5.82 Å². The fraction of sp³-hybridized carbons (Fsp3) is 0.333. The molecule has 1 aromatic heterocycles. The highest BCUT2D eigenvalue weighted by atomic mass is 16.4. The van der Waals surface area contributed by atoms with Crippen molar-refractivity contribution in [1.82, 2.24) is 20.2 Å². The third-order valence-electron chi connectivity index (χ3n) is 2.68. The smallest absolute Gasteiger partial charge is 0.311 e. The maximum absolute atomic E-state index is 11.3. The summed E-state index contributed by atoms with van der Waals surface area (Å²) in [7, 11) is 1.65. The molecule has 0 spiro atoms. The van der Waals surface area contributed by atoms with Crippen LogP contribution in [-0.2, 0) is 18.3 Å². The number of aryl methyl sites for hydroxylation is 2. The van der Waals surface area contributed by atoms with E-state index in [4.69, 9.17) is 0 Å². The Balaban J connectivity index is 2.26. The summed E-state index contributed by atoms with van der Waals surface area (Å²) in [6.45, 7) is 1.93. The Morgan fingerprint density at radius 1 is 1.50 bits per heavy atom. The molecule has 1 atom stereocenters. The molecule has 94 valence electrons. The first-order valence-electron chi connectivity index (χ1n) is 5.58. The molecule has 1 N–H and O–H groups in total. The number of hydrogen-bond donors (Lipinski definition) is 1. The van der Waals surface area contributed by atoms with Crippen molar-refractivity contribution in [3.05, 3.63) is 41.2 Å². The summed E-state index contributed by atoms with van der Waals surface area (Å²) in [6.07, 6.45) is 0.243. The zero-order valence-electron chi connectivity index (χ0n) is 10.2. The zero-order valence-corrected chi connectivity index (χ0v) is 10.2. The fourth-order valence-electron chi connectivity index (χ4n) is 1.82. The monoisotopic (exact) mass is 246 g/mol. The topological polar surface area (TPSA) is 80.9 Å². The van der Waals surface area contributed by atoms with Crippen molar-refractivity contribution < 1.29 is 9.90 Å². The molecule has 0 aliphatic heterocycles. The van der Waals surface area contributed by atoms with Crippen LogP contribution in [0.25, 0.3) is 0 Å². The van der Waals surface area contributed by atoms with Crippen molar-refractivity contribution in [2.24, 2.45) is 7.05 Å². The van der Waals surface area contributed by atoms with Crippen LogP contribution in [0.2, 0.25) is 0 Å². The molecule has 1 unspecified atom stereocenters. The third kappa shape index (κ3) is 2.71. The van der Waals surface area contributed by atoms with Gasteiger partial charge >= 0.3 is 5.97 Å². The Labute approximate surface area is 104 Å². The van der Waals surface area contributed by atoms with Crippen molar-refractivity contribution >= 4 is 5.97 Å². The van der Waals surface area contributed by atoms with Gasteiger partial charge in [-0.05, 0) is 17.7 Å². The van der Waals surface area contributed by atoms with Gasteiger partial charge in [-0.15, -0.1) is 10.2 Å². The van der Waals surface area contributed by atoms with Gasteiger partial charge in [0.15, 0.2) is 5.82 Å². The molecule has 2 aromatic rings. The molecule has 0 fully saturated rings. The second-order valence-electron chi connectivity index (χ2n) is 4.20. The molecule has 0 bridgehead atoms. The van der Waals surface area contributed by atoms with Crippen molar-refractivity contribution in [1.29, 1.82) is 0 Å². The molecule has 0 amide bonds. The SMILES string of the molecule is Cc1cccc(C(Cc2nnn(C)n2)C(=O)O)c1. The maximum Gasteiger partial charge on any atom is 0.311 e. The Bertz CT molecular complexity index is 565. The van der Waals surface area contributed by atoms with E-state index in [1.54, 1.807) is 7.05 Å². The molecule has 6 heteroatoms. The molecule has 0 saturated carbocycles. The maximum atomic E-state index is 11.3. The van der Waals surface area contributed by atoms with Gasteiger partial charge in [-0.25, -0.2) is 0 Å². The number of carbonyl (C=O) groups is 1. The summed E-state index contributed by atoms with van der Waals surface area (Å²) in [5.74, 6) is -1.09. The minimum Gasteiger partial charge on any atom is -0.481 e. The zero-order chi connectivity index (χ0) is 13.1. The summed E-state index contributed by atoms with van der Waals surface area (Å²) in [5.41, 5.74) is 1.79. The first-order valence-corrected chi connectivity index (χ1v) is 5.58. The number of tetrazole rings is 1. The lowest BCUT2D eigenvalue weighted by Crippen LogP contribution is -2.15. The molecule has 0 radical (unpaired) electrons. The molecular formula is C12H14N4O2. The Hall–Kier alpha value is -2.24. The molecule has 1 heterocycles. The lowest BCUT2D eigenvalue weighted by Gasteiger charge is -2.11. The summed E-state index contributed by atoms with van der Waals surface area (Å²) < 4.78 is 0. The molecule has 0 saturated heterocycles. The number of hydrogen-bond acceptors (Lipinski definition) is 4. The summed E-state index contributed by atoms with van der Waals surface area (Å²) >= 11 is 0. The normalized spacial score (nSPS) is 12.3. The van der Waals surface area contributed by atoms with Gasteiger partial charge in [-0.3, -0.25) is 4.79 Å². The average molecular weight is 246 g/mol. The summed E-state index contributed by atoms with van der Waals surface area (Å²) in [4.78, 5) is 12.7. The van der Waals surface area contributed by atoms with Crippen LogP contribution in [0, 0.1) is 6.92 Å². The third-order valence-corrected chi connectivity index (χ3v) is 2.68. The highest BCUT2D eigenvalue weighted by molar-refractivity contribution is 5.76. The van der Waals surface area contributed by atoms with Crippen molar-refractivity contribution in [3.63, 3.8) is 0 Å². The summed E-state index contributed by atoms with van der Waals surface area (Å²) in [6, 6.07) is 7.46. The second kappa shape index (κ2) is 4.95. The molecule has 2 rings (SSSR count). The van der Waals surface area contributed by atoms with E-state index in [9.17, 15) is 9.90 Å². The van der Waals surface area contributed by atoms with Gasteiger partial charge in [0.1, 0.15) is 0 Å². The first kappa shape index (κ1) is 12.2. The number of nitrogens with zero attached hydrogens (tertiary/aromatic N) is 4. The minimum atomic E-state index is -0.881. The van der Waals surface area contributed by atoms with Gasteiger partial charge in [-0.2, -0.15) is 4.80 Å². The lowest BCUT2D eigenvalue weighted by atomic mass is 9.94. The van der Waals surface area contributed by atoms with E-state index in [2.05, 4.69) is 15.4 Å². The molecule has 0 aliphatic rings. The summed E-state index contributed by atoms with van der Waals surface area (Å²) in [5, 5.41) is 20.8. The molecule has 18 heavy (non-hydrogen) atoms. The van der Waals surface area contributed by atoms with Crippen LogP contribution in [0.5, 0.6) is 0 Å². The largest absolute Gasteiger partial charge is 0.481 e. The van der Waals surface area contributed by atoms with Crippen LogP contribution >= 0.6 is 0 Å². The van der Waals surface area contributed by atoms with E-state index in [1.807, 2.05) is 31.2 Å². The van der Waals surface area contributed by atoms with E-state index in [1.165, 1.54) is 4.80 Å². The Kier molecular flexibility index (Phi) is 3.36. The van der Waals surface area contributed by atoms with E-state index in [0.717, 1.165) is 11.1 Å². The molecule has 1 aromatic carbocycles. The highest BCUT2D eigenvalue weighted by Crippen LogP contribution is 2.20. The molecule has 6 nitrogen and oxygen atoms in total. The number of carboxylic acids is 1. The van der Waals surface area contributed by atoms with Gasteiger partial charge in [0.25, 0.3) is 0 Å². The predicted molar refractivity (Wildman–Crippen MR) is 64.1 cm³/mol. The van der Waals surface area contributed by atoms with Gasteiger partial charge in [0.2, 0.25) is 0 Å². The van der Waals surface area contributed by atoms with E-state index >= 15 is 0 Å². The van der Waals surface area contributed by atoms with Crippen LogP contribution < -0.4 is 0 Å². The quantitative estimate of drug-likeness (QED) is 0.867. The van der Waals surface area contributed by atoms with Crippen LogP contribution in [0.4, 0.5) is 0 Å². The number of rotatable bonds is 4. The van der Waals surface area contributed by atoms with Gasteiger partial charge in [-0.1, -0.05) is 29.8 Å². The van der Waals surface area contributed by atoms with Crippen LogP contribution in [0.3, 0.4) is 0 Å². The number of aromatic nitrogens is 4. The molecular weight excluding hydrogens is 232 g/mol. The average Bonchev–Trinajstić information content (AvgIpc) is 2.71. The van der Waals surface area contributed by atoms with Gasteiger partial charge < -0.3 is 5.11 Å². The van der Waals surface area contributed by atoms with Crippen LogP contribution in [0.15, 0.2) is 24.3 Å². The predicted octanol–water partition coefficient (Wildman–Crippen LogP) is 0.929. The van der Waals surface area contributed by atoms with Crippen LogP contribution in [-0.4, -0.2) is 31.3 Å². The van der Waals surface area contributed by atoms with Crippen molar-refractivity contribution in [2.75, 3.05) is 0 Å². The number of benzene rings is 1. The van der Waals surface area contributed by atoms with Crippen molar-refractivity contribution in [3.8, 4) is 0 Å². The van der Waals surface area contributed by atoms with Gasteiger partial charge in [0, 0.05) is 6.42 Å². The van der Waals surface area contributed by atoms with E-state index in [-0.39, 0.29) is 6.42 Å². The second-order valence-corrected chi connectivity index (χ2v) is 4.20. The van der Waals surface area contributed by atoms with Gasteiger partial charge in [0.05, 0.1) is 13.0 Å².